The summed E-state index contributed by atoms with van der Waals surface area (Å²) in [4.78, 5) is 2.41. The second-order valence-electron chi connectivity index (χ2n) is 5.77. The predicted octanol–water partition coefficient (Wildman–Crippen LogP) is 3.46. The maximum absolute atomic E-state index is 14.2. The summed E-state index contributed by atoms with van der Waals surface area (Å²) in [5.41, 5.74) is 0.628. The number of hydrogen-bond acceptors (Lipinski definition) is 3. The van der Waals surface area contributed by atoms with Gasteiger partial charge in [0.05, 0.1) is 7.11 Å². The van der Waals surface area contributed by atoms with Crippen molar-refractivity contribution in [3.05, 3.63) is 29.6 Å². The fraction of sp³-hybridized carbons (Fsp3) is 0.647. The highest BCUT2D eigenvalue weighted by Crippen LogP contribution is 2.29. The molecule has 0 radical (unpaired) electrons. The summed E-state index contributed by atoms with van der Waals surface area (Å²) in [5.74, 6) is 1.04. The molecule has 0 amide bonds. The van der Waals surface area contributed by atoms with Gasteiger partial charge in [0.1, 0.15) is 11.6 Å². The topological polar surface area (TPSA) is 24.5 Å². The number of halogens is 1. The Morgan fingerprint density at radius 3 is 2.57 bits per heavy atom. The number of ether oxygens (including phenoxy) is 1. The van der Waals surface area contributed by atoms with Crippen LogP contribution in [0.3, 0.4) is 0 Å². The van der Waals surface area contributed by atoms with Crippen molar-refractivity contribution in [2.45, 2.75) is 33.2 Å². The molecule has 0 aliphatic rings. The zero-order chi connectivity index (χ0) is 15.8. The first kappa shape index (κ1) is 17.9. The zero-order valence-electron chi connectivity index (χ0n) is 13.9. The van der Waals surface area contributed by atoms with Gasteiger partial charge < -0.3 is 15.0 Å². The molecule has 0 spiro atoms. The van der Waals surface area contributed by atoms with Gasteiger partial charge in [0.2, 0.25) is 0 Å². The Bertz CT molecular complexity index is 423. The molecule has 0 aromatic heterocycles. The Morgan fingerprint density at radius 2 is 2.05 bits per heavy atom. The maximum atomic E-state index is 14.2. The molecule has 21 heavy (non-hydrogen) atoms. The van der Waals surface area contributed by atoms with Gasteiger partial charge in [0.15, 0.2) is 0 Å². The van der Waals surface area contributed by atoms with E-state index in [0.717, 1.165) is 26.1 Å². The van der Waals surface area contributed by atoms with Gasteiger partial charge in [-0.05, 0) is 44.6 Å². The van der Waals surface area contributed by atoms with Gasteiger partial charge in [-0.3, -0.25) is 0 Å². The summed E-state index contributed by atoms with van der Waals surface area (Å²) in [7, 11) is 3.46. The van der Waals surface area contributed by atoms with Gasteiger partial charge in [-0.2, -0.15) is 0 Å². The van der Waals surface area contributed by atoms with E-state index in [2.05, 4.69) is 31.0 Å². The van der Waals surface area contributed by atoms with E-state index in [0.29, 0.717) is 17.2 Å². The first-order valence-electron chi connectivity index (χ1n) is 7.75. The highest BCUT2D eigenvalue weighted by Gasteiger charge is 2.19. The zero-order valence-corrected chi connectivity index (χ0v) is 13.9. The first-order chi connectivity index (χ1) is 10.0. The Labute approximate surface area is 128 Å². The maximum Gasteiger partial charge on any atom is 0.131 e. The molecule has 0 aliphatic carbocycles. The Morgan fingerprint density at radius 1 is 1.33 bits per heavy atom. The van der Waals surface area contributed by atoms with E-state index in [1.165, 1.54) is 6.07 Å². The third-order valence-electron chi connectivity index (χ3n) is 3.73. The lowest BCUT2D eigenvalue weighted by Crippen LogP contribution is -2.31. The highest BCUT2D eigenvalue weighted by atomic mass is 19.1. The van der Waals surface area contributed by atoms with Gasteiger partial charge in [-0.1, -0.05) is 26.8 Å². The van der Waals surface area contributed by atoms with Gasteiger partial charge in [-0.25, -0.2) is 4.39 Å². The second-order valence-corrected chi connectivity index (χ2v) is 5.77. The minimum absolute atomic E-state index is 0.0395. The van der Waals surface area contributed by atoms with Crippen LogP contribution in [0.2, 0.25) is 0 Å². The number of nitrogens with one attached hydrogen (secondary N) is 1. The number of rotatable bonds is 9. The van der Waals surface area contributed by atoms with Crippen LogP contribution in [0.5, 0.6) is 5.75 Å². The summed E-state index contributed by atoms with van der Waals surface area (Å²) in [6.45, 7) is 9.64. The summed E-state index contributed by atoms with van der Waals surface area (Å²) in [6, 6.07) is 4.95. The van der Waals surface area contributed by atoms with Crippen LogP contribution < -0.4 is 10.1 Å². The van der Waals surface area contributed by atoms with E-state index in [-0.39, 0.29) is 11.9 Å². The first-order valence-corrected chi connectivity index (χ1v) is 7.75. The standard InChI is InChI=1S/C17H29FN2O/c1-6-20(12-13(2)3)11-10-15(19-4)17-14(18)8-7-9-16(17)21-5/h7-9,13,15,19H,6,10-12H2,1-5H3. The molecular weight excluding hydrogens is 267 g/mol. The minimum Gasteiger partial charge on any atom is -0.496 e. The Hall–Kier alpha value is -1.13. The van der Waals surface area contributed by atoms with Gasteiger partial charge in [0, 0.05) is 18.2 Å². The van der Waals surface area contributed by atoms with Crippen molar-refractivity contribution in [2.75, 3.05) is 33.8 Å². The summed E-state index contributed by atoms with van der Waals surface area (Å²) in [5, 5.41) is 3.22. The van der Waals surface area contributed by atoms with Crippen LogP contribution in [0.4, 0.5) is 4.39 Å². The predicted molar refractivity (Wildman–Crippen MR) is 86.3 cm³/mol. The average Bonchev–Trinajstić information content (AvgIpc) is 2.47. The lowest BCUT2D eigenvalue weighted by molar-refractivity contribution is 0.241. The number of hydrogen-bond donors (Lipinski definition) is 1. The number of benzene rings is 1. The van der Waals surface area contributed by atoms with Crippen LogP contribution in [-0.4, -0.2) is 38.7 Å². The van der Waals surface area contributed by atoms with E-state index < -0.39 is 0 Å². The van der Waals surface area contributed by atoms with Crippen LogP contribution in [0.1, 0.15) is 38.8 Å². The summed E-state index contributed by atoms with van der Waals surface area (Å²) >= 11 is 0. The van der Waals surface area contributed by atoms with Crippen molar-refractivity contribution < 1.29 is 9.13 Å². The lowest BCUT2D eigenvalue weighted by atomic mass is 10.0. The largest absolute Gasteiger partial charge is 0.496 e. The minimum atomic E-state index is -0.208. The molecule has 0 fully saturated rings. The van der Waals surface area contributed by atoms with Crippen molar-refractivity contribution >= 4 is 0 Å². The van der Waals surface area contributed by atoms with Crippen molar-refractivity contribution in [3.63, 3.8) is 0 Å². The number of nitrogens with zero attached hydrogens (tertiary/aromatic N) is 1. The highest BCUT2D eigenvalue weighted by molar-refractivity contribution is 5.37. The van der Waals surface area contributed by atoms with E-state index in [4.69, 9.17) is 4.74 Å². The average molecular weight is 296 g/mol. The lowest BCUT2D eigenvalue weighted by Gasteiger charge is -2.26. The molecule has 1 atom stereocenters. The molecule has 0 bridgehead atoms. The SMILES string of the molecule is CCN(CCC(NC)c1c(F)cccc1OC)CC(C)C. The van der Waals surface area contributed by atoms with Crippen molar-refractivity contribution in [3.8, 4) is 5.75 Å². The molecule has 4 heteroatoms. The monoisotopic (exact) mass is 296 g/mol. The van der Waals surface area contributed by atoms with Crippen LogP contribution in [0.25, 0.3) is 0 Å². The molecule has 0 saturated carbocycles. The fourth-order valence-corrected chi connectivity index (χ4v) is 2.67. The molecule has 1 rings (SSSR count). The Kier molecular flexibility index (Phi) is 7.68. The molecule has 3 nitrogen and oxygen atoms in total. The second kappa shape index (κ2) is 9.00. The molecule has 1 aromatic rings. The van der Waals surface area contributed by atoms with Gasteiger partial charge >= 0.3 is 0 Å². The van der Waals surface area contributed by atoms with E-state index in [1.807, 2.05) is 13.1 Å². The molecule has 1 unspecified atom stereocenters. The van der Waals surface area contributed by atoms with Crippen molar-refractivity contribution in [1.29, 1.82) is 0 Å². The molecular formula is C17H29FN2O. The van der Waals surface area contributed by atoms with Crippen LogP contribution in [0, 0.1) is 11.7 Å². The summed E-state index contributed by atoms with van der Waals surface area (Å²) in [6.07, 6.45) is 0.856. The Balaban J connectivity index is 2.79. The van der Waals surface area contributed by atoms with Crippen LogP contribution >= 0.6 is 0 Å². The van der Waals surface area contributed by atoms with E-state index >= 15 is 0 Å². The number of methoxy groups -OCH3 is 1. The third-order valence-corrected chi connectivity index (χ3v) is 3.73. The molecule has 120 valence electrons. The normalized spacial score (nSPS) is 13.0. The van der Waals surface area contributed by atoms with Gasteiger partial charge in [-0.15, -0.1) is 0 Å². The van der Waals surface area contributed by atoms with Gasteiger partial charge in [0.25, 0.3) is 0 Å². The third kappa shape index (κ3) is 5.29. The molecule has 0 aliphatic heterocycles. The summed E-state index contributed by atoms with van der Waals surface area (Å²) < 4.78 is 19.5. The van der Waals surface area contributed by atoms with Crippen LogP contribution in [0.15, 0.2) is 18.2 Å². The molecule has 1 aromatic carbocycles. The smallest absolute Gasteiger partial charge is 0.131 e. The van der Waals surface area contributed by atoms with Crippen molar-refractivity contribution in [2.24, 2.45) is 5.92 Å². The van der Waals surface area contributed by atoms with Crippen LogP contribution in [-0.2, 0) is 0 Å². The molecule has 0 heterocycles. The quantitative estimate of drug-likeness (QED) is 0.755. The van der Waals surface area contributed by atoms with E-state index in [9.17, 15) is 4.39 Å². The molecule has 0 saturated heterocycles. The van der Waals surface area contributed by atoms with E-state index in [1.54, 1.807) is 13.2 Å². The molecule has 1 N–H and O–H groups in total. The van der Waals surface area contributed by atoms with Crippen molar-refractivity contribution in [1.82, 2.24) is 10.2 Å². The fourth-order valence-electron chi connectivity index (χ4n) is 2.67.